The monoisotopic (exact) mass is 398 g/mol. The van der Waals surface area contributed by atoms with E-state index < -0.39 is 0 Å². The molecule has 30 heavy (non-hydrogen) atoms. The number of rotatable bonds is 6. The minimum absolute atomic E-state index is 0.369. The van der Waals surface area contributed by atoms with E-state index in [1.807, 2.05) is 85.8 Å². The van der Waals surface area contributed by atoms with Crippen LogP contribution in [0.2, 0.25) is 0 Å². The first-order chi connectivity index (χ1) is 14.7. The molecule has 0 fully saturated rings. The molecule has 4 rings (SSSR count). The zero-order valence-corrected chi connectivity index (χ0v) is 16.9. The van der Waals surface area contributed by atoms with Gasteiger partial charge in [0.15, 0.2) is 0 Å². The number of ether oxygens (including phenoxy) is 2. The van der Waals surface area contributed by atoms with Crippen molar-refractivity contribution in [2.45, 2.75) is 6.92 Å². The quantitative estimate of drug-likeness (QED) is 0.381. The molecule has 0 unspecified atom stereocenters. The largest absolute Gasteiger partial charge is 0.497 e. The predicted molar refractivity (Wildman–Crippen MR) is 120 cm³/mol. The summed E-state index contributed by atoms with van der Waals surface area (Å²) in [7, 11) is 1.61. The summed E-state index contributed by atoms with van der Waals surface area (Å²) < 4.78 is 16.6. The highest BCUT2D eigenvalue weighted by Crippen LogP contribution is 2.29. The van der Waals surface area contributed by atoms with Crippen molar-refractivity contribution < 1.29 is 13.9 Å². The van der Waals surface area contributed by atoms with Crippen molar-refractivity contribution in [3.8, 4) is 22.6 Å². The molecule has 0 saturated heterocycles. The van der Waals surface area contributed by atoms with E-state index in [-0.39, 0.29) is 5.63 Å². The molecule has 0 atom stereocenters. The summed E-state index contributed by atoms with van der Waals surface area (Å²) >= 11 is 0. The molecule has 150 valence electrons. The van der Waals surface area contributed by atoms with Crippen molar-refractivity contribution in [2.24, 2.45) is 0 Å². The molecule has 0 N–H and O–H groups in total. The lowest BCUT2D eigenvalue weighted by Gasteiger charge is -2.10. The average molecular weight is 398 g/mol. The highest BCUT2D eigenvalue weighted by molar-refractivity contribution is 5.87. The van der Waals surface area contributed by atoms with Gasteiger partial charge >= 0.3 is 5.63 Å². The lowest BCUT2D eigenvalue weighted by molar-refractivity contribution is 0.363. The third-order valence-corrected chi connectivity index (χ3v) is 4.97. The Morgan fingerprint density at radius 2 is 1.67 bits per heavy atom. The van der Waals surface area contributed by atoms with Gasteiger partial charge in [0.2, 0.25) is 0 Å². The number of hydrogen-bond acceptors (Lipinski definition) is 4. The van der Waals surface area contributed by atoms with E-state index in [4.69, 9.17) is 13.9 Å². The first-order valence-electron chi connectivity index (χ1n) is 9.72. The van der Waals surface area contributed by atoms with Crippen molar-refractivity contribution in [1.29, 1.82) is 0 Å². The molecule has 0 aliphatic rings. The van der Waals surface area contributed by atoms with Crippen LogP contribution in [0.1, 0.15) is 11.1 Å². The van der Waals surface area contributed by atoms with Crippen molar-refractivity contribution in [3.05, 3.63) is 100 Å². The molecule has 4 heteroatoms. The summed E-state index contributed by atoms with van der Waals surface area (Å²) in [6.07, 6.45) is 3.96. The summed E-state index contributed by atoms with van der Waals surface area (Å²) in [5.41, 5.74) is 3.50. The first-order valence-corrected chi connectivity index (χ1v) is 9.72. The summed E-state index contributed by atoms with van der Waals surface area (Å²) in [6.45, 7) is 2.36. The molecule has 1 aromatic heterocycles. The van der Waals surface area contributed by atoms with Gasteiger partial charge in [0.1, 0.15) is 23.7 Å². The lowest BCUT2D eigenvalue weighted by Crippen LogP contribution is -2.06. The Morgan fingerprint density at radius 3 is 2.40 bits per heavy atom. The van der Waals surface area contributed by atoms with Crippen molar-refractivity contribution in [3.63, 3.8) is 0 Å². The Hall–Kier alpha value is -3.79. The zero-order chi connectivity index (χ0) is 20.9. The van der Waals surface area contributed by atoms with Crippen LogP contribution in [0.5, 0.6) is 11.5 Å². The molecule has 4 aromatic rings. The average Bonchev–Trinajstić information content (AvgIpc) is 2.78. The summed E-state index contributed by atoms with van der Waals surface area (Å²) in [6, 6.07) is 23.0. The Kier molecular flexibility index (Phi) is 5.66. The van der Waals surface area contributed by atoms with Gasteiger partial charge in [0.05, 0.1) is 12.7 Å². The Bertz CT molecular complexity index is 1240. The van der Waals surface area contributed by atoms with Gasteiger partial charge in [-0.15, -0.1) is 0 Å². The molecule has 3 aromatic carbocycles. The highest BCUT2D eigenvalue weighted by Gasteiger charge is 2.14. The van der Waals surface area contributed by atoms with Gasteiger partial charge in [-0.3, -0.25) is 0 Å². The fourth-order valence-corrected chi connectivity index (χ4v) is 3.41. The molecular formula is C26H22O4. The van der Waals surface area contributed by atoms with E-state index in [1.54, 1.807) is 13.2 Å². The van der Waals surface area contributed by atoms with Crippen LogP contribution in [-0.4, -0.2) is 13.7 Å². The summed E-state index contributed by atoms with van der Waals surface area (Å²) in [4.78, 5) is 12.7. The van der Waals surface area contributed by atoms with Crippen LogP contribution in [0.15, 0.2) is 88.1 Å². The van der Waals surface area contributed by atoms with Crippen LogP contribution in [0.4, 0.5) is 0 Å². The molecule has 0 radical (unpaired) electrons. The summed E-state index contributed by atoms with van der Waals surface area (Å²) in [5.74, 6) is 1.39. The lowest BCUT2D eigenvalue weighted by atomic mass is 9.99. The maximum Gasteiger partial charge on any atom is 0.344 e. The number of fused-ring (bicyclic) bond motifs is 1. The van der Waals surface area contributed by atoms with E-state index >= 15 is 0 Å². The SMILES string of the molecule is COc1ccc(-c2c(C)c3ccc(OC/C=C/c4ccccc4)cc3oc2=O)cc1. The number of methoxy groups -OCH3 is 1. The molecule has 0 aliphatic carbocycles. The normalized spacial score (nSPS) is 11.1. The topological polar surface area (TPSA) is 48.7 Å². The molecule has 0 amide bonds. The minimum Gasteiger partial charge on any atom is -0.497 e. The fraction of sp³-hybridized carbons (Fsp3) is 0.115. The van der Waals surface area contributed by atoms with E-state index in [9.17, 15) is 4.79 Å². The van der Waals surface area contributed by atoms with Crippen LogP contribution in [0.25, 0.3) is 28.2 Å². The summed E-state index contributed by atoms with van der Waals surface area (Å²) in [5, 5.41) is 0.882. The molecular weight excluding hydrogens is 376 g/mol. The van der Waals surface area contributed by atoms with Crippen molar-refractivity contribution in [1.82, 2.24) is 0 Å². The van der Waals surface area contributed by atoms with Crippen LogP contribution in [0.3, 0.4) is 0 Å². The van der Waals surface area contributed by atoms with Crippen LogP contribution >= 0.6 is 0 Å². The smallest absolute Gasteiger partial charge is 0.344 e. The van der Waals surface area contributed by atoms with Crippen LogP contribution < -0.4 is 15.1 Å². The minimum atomic E-state index is -0.369. The molecule has 0 spiro atoms. The maximum atomic E-state index is 12.7. The molecule has 0 bridgehead atoms. The van der Waals surface area contributed by atoms with Gasteiger partial charge < -0.3 is 13.9 Å². The van der Waals surface area contributed by atoms with Crippen molar-refractivity contribution in [2.75, 3.05) is 13.7 Å². The third kappa shape index (κ3) is 4.13. The number of benzene rings is 3. The van der Waals surface area contributed by atoms with Crippen LogP contribution in [0, 0.1) is 6.92 Å². The second-order valence-electron chi connectivity index (χ2n) is 6.90. The predicted octanol–water partition coefficient (Wildman–Crippen LogP) is 5.87. The van der Waals surface area contributed by atoms with Crippen molar-refractivity contribution >= 4 is 17.0 Å². The zero-order valence-electron chi connectivity index (χ0n) is 16.9. The first kappa shape index (κ1) is 19.5. The van der Waals surface area contributed by atoms with Gasteiger partial charge in [-0.25, -0.2) is 4.79 Å². The van der Waals surface area contributed by atoms with E-state index in [0.29, 0.717) is 23.5 Å². The van der Waals surface area contributed by atoms with E-state index in [0.717, 1.165) is 27.8 Å². The van der Waals surface area contributed by atoms with Crippen LogP contribution in [-0.2, 0) is 0 Å². The number of hydrogen-bond donors (Lipinski definition) is 0. The Labute approximate surface area is 175 Å². The van der Waals surface area contributed by atoms with Gasteiger partial charge in [-0.2, -0.15) is 0 Å². The fourth-order valence-electron chi connectivity index (χ4n) is 3.41. The second kappa shape index (κ2) is 8.70. The highest BCUT2D eigenvalue weighted by atomic mass is 16.5. The third-order valence-electron chi connectivity index (χ3n) is 4.97. The maximum absolute atomic E-state index is 12.7. The number of aryl methyl sites for hydroxylation is 1. The van der Waals surface area contributed by atoms with Gasteiger partial charge in [0.25, 0.3) is 0 Å². The van der Waals surface area contributed by atoms with Gasteiger partial charge in [-0.1, -0.05) is 48.5 Å². The molecule has 0 saturated carbocycles. The Balaban J connectivity index is 1.57. The molecule has 4 nitrogen and oxygen atoms in total. The standard InChI is InChI=1S/C26H22O4/c1-18-23-15-14-22(29-16-6-9-19-7-4-3-5-8-19)17-24(23)30-26(27)25(18)20-10-12-21(28-2)13-11-20/h3-15,17H,16H2,1-2H3/b9-6+. The molecule has 1 heterocycles. The van der Waals surface area contributed by atoms with E-state index in [2.05, 4.69) is 0 Å². The van der Waals surface area contributed by atoms with E-state index in [1.165, 1.54) is 0 Å². The van der Waals surface area contributed by atoms with Gasteiger partial charge in [-0.05, 0) is 54.0 Å². The molecule has 0 aliphatic heterocycles. The Morgan fingerprint density at radius 1 is 0.933 bits per heavy atom. The second-order valence-corrected chi connectivity index (χ2v) is 6.90. The van der Waals surface area contributed by atoms with Gasteiger partial charge in [0, 0.05) is 11.5 Å².